The fourth-order valence-electron chi connectivity index (χ4n) is 1.30. The predicted molar refractivity (Wildman–Crippen MR) is 55.9 cm³/mol. The Morgan fingerprint density at radius 2 is 2.07 bits per heavy atom. The Labute approximate surface area is 83.2 Å². The van der Waals surface area contributed by atoms with Crippen LogP contribution in [0.25, 0.3) is 11.4 Å². The smallest absolute Gasteiger partial charge is 0.0880 e. The Bertz CT molecular complexity index is 387. The van der Waals surface area contributed by atoms with Crippen molar-refractivity contribution in [2.24, 2.45) is 0 Å². The van der Waals surface area contributed by atoms with Crippen molar-refractivity contribution in [3.8, 4) is 11.4 Å². The Kier molecular flexibility index (Phi) is 2.31. The molecular weight excluding hydrogens is 174 g/mol. The van der Waals surface area contributed by atoms with Gasteiger partial charge in [-0.05, 0) is 23.6 Å². The van der Waals surface area contributed by atoms with E-state index < -0.39 is 0 Å². The van der Waals surface area contributed by atoms with Crippen molar-refractivity contribution in [1.29, 1.82) is 0 Å². The van der Waals surface area contributed by atoms with Gasteiger partial charge in [0.2, 0.25) is 0 Å². The molecule has 2 rings (SSSR count). The van der Waals surface area contributed by atoms with Crippen LogP contribution in [0.15, 0.2) is 30.6 Å². The maximum atomic E-state index is 4.37. The SMILES string of the molecule is CC(C)c1ccc(-c2ccn[nH]2)nc1. The lowest BCUT2D eigenvalue weighted by Crippen LogP contribution is -1.90. The van der Waals surface area contributed by atoms with E-state index in [1.165, 1.54) is 5.56 Å². The monoisotopic (exact) mass is 187 g/mol. The van der Waals surface area contributed by atoms with Gasteiger partial charge in [0.1, 0.15) is 0 Å². The third-order valence-corrected chi connectivity index (χ3v) is 2.23. The van der Waals surface area contributed by atoms with Crippen LogP contribution in [0.5, 0.6) is 0 Å². The second-order valence-corrected chi connectivity index (χ2v) is 3.60. The van der Waals surface area contributed by atoms with Gasteiger partial charge in [0.15, 0.2) is 0 Å². The Hall–Kier alpha value is -1.64. The van der Waals surface area contributed by atoms with Crippen LogP contribution in [-0.4, -0.2) is 15.2 Å². The first-order valence-corrected chi connectivity index (χ1v) is 4.73. The van der Waals surface area contributed by atoms with E-state index in [0.29, 0.717) is 5.92 Å². The van der Waals surface area contributed by atoms with Crippen LogP contribution in [0, 0.1) is 0 Å². The van der Waals surface area contributed by atoms with Crippen molar-refractivity contribution in [3.63, 3.8) is 0 Å². The number of nitrogens with zero attached hydrogens (tertiary/aromatic N) is 2. The van der Waals surface area contributed by atoms with Crippen LogP contribution < -0.4 is 0 Å². The highest BCUT2D eigenvalue weighted by molar-refractivity contribution is 5.53. The molecule has 14 heavy (non-hydrogen) atoms. The minimum atomic E-state index is 0.526. The molecule has 0 aliphatic rings. The molecule has 1 N–H and O–H groups in total. The average molecular weight is 187 g/mol. The number of pyridine rings is 1. The van der Waals surface area contributed by atoms with E-state index >= 15 is 0 Å². The summed E-state index contributed by atoms with van der Waals surface area (Å²) in [7, 11) is 0. The Morgan fingerprint density at radius 1 is 1.21 bits per heavy atom. The number of H-pyrrole nitrogens is 1. The molecule has 2 aromatic heterocycles. The molecule has 2 aromatic rings. The largest absolute Gasteiger partial charge is 0.276 e. The summed E-state index contributed by atoms with van der Waals surface area (Å²) in [5.41, 5.74) is 3.15. The summed E-state index contributed by atoms with van der Waals surface area (Å²) < 4.78 is 0. The predicted octanol–water partition coefficient (Wildman–Crippen LogP) is 2.60. The van der Waals surface area contributed by atoms with E-state index in [1.807, 2.05) is 18.3 Å². The molecule has 0 fully saturated rings. The number of hydrogen-bond donors (Lipinski definition) is 1. The molecule has 3 nitrogen and oxygen atoms in total. The first kappa shape index (κ1) is 8.94. The van der Waals surface area contributed by atoms with Crippen LogP contribution in [0.2, 0.25) is 0 Å². The molecule has 0 saturated carbocycles. The zero-order chi connectivity index (χ0) is 9.97. The molecule has 0 aromatic carbocycles. The summed E-state index contributed by atoms with van der Waals surface area (Å²) in [4.78, 5) is 4.37. The number of hydrogen-bond acceptors (Lipinski definition) is 2. The van der Waals surface area contributed by atoms with Crippen LogP contribution in [0.3, 0.4) is 0 Å². The van der Waals surface area contributed by atoms with E-state index in [0.717, 1.165) is 11.4 Å². The highest BCUT2D eigenvalue weighted by Gasteiger charge is 2.02. The summed E-state index contributed by atoms with van der Waals surface area (Å²) in [6, 6.07) is 6.04. The summed E-state index contributed by atoms with van der Waals surface area (Å²) in [6.45, 7) is 4.32. The van der Waals surface area contributed by atoms with Crippen molar-refractivity contribution < 1.29 is 0 Å². The number of aromatic nitrogens is 3. The van der Waals surface area contributed by atoms with Crippen molar-refractivity contribution in [1.82, 2.24) is 15.2 Å². The van der Waals surface area contributed by atoms with Gasteiger partial charge in [0, 0.05) is 12.4 Å². The lowest BCUT2D eigenvalue weighted by atomic mass is 10.1. The molecule has 0 saturated heterocycles. The zero-order valence-corrected chi connectivity index (χ0v) is 8.36. The van der Waals surface area contributed by atoms with E-state index in [9.17, 15) is 0 Å². The quantitative estimate of drug-likeness (QED) is 0.785. The van der Waals surface area contributed by atoms with Gasteiger partial charge in [-0.1, -0.05) is 19.9 Å². The molecule has 0 spiro atoms. The van der Waals surface area contributed by atoms with Crippen LogP contribution in [-0.2, 0) is 0 Å². The van der Waals surface area contributed by atoms with Crippen molar-refractivity contribution in [2.75, 3.05) is 0 Å². The second kappa shape index (κ2) is 3.62. The maximum absolute atomic E-state index is 4.37. The third kappa shape index (κ3) is 1.66. The van der Waals surface area contributed by atoms with Gasteiger partial charge in [0.25, 0.3) is 0 Å². The van der Waals surface area contributed by atoms with Crippen molar-refractivity contribution >= 4 is 0 Å². The summed E-state index contributed by atoms with van der Waals surface area (Å²) in [5.74, 6) is 0.526. The molecule has 2 heterocycles. The van der Waals surface area contributed by atoms with E-state index in [-0.39, 0.29) is 0 Å². The minimum Gasteiger partial charge on any atom is -0.276 e. The lowest BCUT2D eigenvalue weighted by Gasteiger charge is -2.04. The Morgan fingerprint density at radius 3 is 2.57 bits per heavy atom. The summed E-state index contributed by atoms with van der Waals surface area (Å²) >= 11 is 0. The minimum absolute atomic E-state index is 0.526. The first-order valence-electron chi connectivity index (χ1n) is 4.73. The third-order valence-electron chi connectivity index (χ3n) is 2.23. The number of rotatable bonds is 2. The highest BCUT2D eigenvalue weighted by atomic mass is 15.1. The molecule has 0 bridgehead atoms. The van der Waals surface area contributed by atoms with Gasteiger partial charge in [-0.25, -0.2) is 0 Å². The molecule has 0 amide bonds. The summed E-state index contributed by atoms with van der Waals surface area (Å²) in [5, 5.41) is 6.78. The van der Waals surface area contributed by atoms with E-state index in [1.54, 1.807) is 6.20 Å². The van der Waals surface area contributed by atoms with Gasteiger partial charge >= 0.3 is 0 Å². The van der Waals surface area contributed by atoms with E-state index in [2.05, 4.69) is 35.1 Å². The van der Waals surface area contributed by atoms with Gasteiger partial charge in [0.05, 0.1) is 11.4 Å². The molecule has 0 unspecified atom stereocenters. The fraction of sp³-hybridized carbons (Fsp3) is 0.273. The van der Waals surface area contributed by atoms with Gasteiger partial charge in [-0.2, -0.15) is 5.10 Å². The molecule has 0 aliphatic carbocycles. The Balaban J connectivity index is 2.31. The van der Waals surface area contributed by atoms with Crippen molar-refractivity contribution in [3.05, 3.63) is 36.2 Å². The van der Waals surface area contributed by atoms with Crippen LogP contribution in [0.4, 0.5) is 0 Å². The van der Waals surface area contributed by atoms with Gasteiger partial charge < -0.3 is 0 Å². The van der Waals surface area contributed by atoms with Crippen LogP contribution >= 0.6 is 0 Å². The highest BCUT2D eigenvalue weighted by Crippen LogP contribution is 2.17. The normalized spacial score (nSPS) is 10.8. The van der Waals surface area contributed by atoms with Crippen LogP contribution in [0.1, 0.15) is 25.3 Å². The molecule has 0 radical (unpaired) electrons. The van der Waals surface area contributed by atoms with Gasteiger partial charge in [-0.15, -0.1) is 0 Å². The molecule has 72 valence electrons. The molecule has 0 aliphatic heterocycles. The topological polar surface area (TPSA) is 41.6 Å². The maximum Gasteiger partial charge on any atom is 0.0880 e. The number of nitrogens with one attached hydrogen (secondary N) is 1. The zero-order valence-electron chi connectivity index (χ0n) is 8.36. The van der Waals surface area contributed by atoms with Gasteiger partial charge in [-0.3, -0.25) is 10.1 Å². The first-order chi connectivity index (χ1) is 6.77. The van der Waals surface area contributed by atoms with E-state index in [4.69, 9.17) is 0 Å². The van der Waals surface area contributed by atoms with Crippen molar-refractivity contribution in [2.45, 2.75) is 19.8 Å². The lowest BCUT2D eigenvalue weighted by molar-refractivity contribution is 0.858. The summed E-state index contributed by atoms with van der Waals surface area (Å²) in [6.07, 6.45) is 3.65. The molecule has 3 heteroatoms. The standard InChI is InChI=1S/C11H13N3/c1-8(2)9-3-4-10(12-7-9)11-5-6-13-14-11/h3-8H,1-2H3,(H,13,14). The second-order valence-electron chi connectivity index (χ2n) is 3.60. The average Bonchev–Trinajstić information content (AvgIpc) is 2.71. The molecule has 0 atom stereocenters. The number of aromatic amines is 1. The fourth-order valence-corrected chi connectivity index (χ4v) is 1.30. The molecular formula is C11H13N3.